The second kappa shape index (κ2) is 4.97. The summed E-state index contributed by atoms with van der Waals surface area (Å²) in [6.07, 6.45) is -0.654. The Balaban J connectivity index is 2.16. The first-order valence-corrected chi connectivity index (χ1v) is 7.47. The molecule has 110 valence electrons. The van der Waals surface area contributed by atoms with E-state index in [9.17, 15) is 5.11 Å². The van der Waals surface area contributed by atoms with Crippen molar-refractivity contribution in [1.29, 1.82) is 0 Å². The van der Waals surface area contributed by atoms with Gasteiger partial charge >= 0.3 is 0 Å². The Kier molecular flexibility index (Phi) is 3.39. The van der Waals surface area contributed by atoms with Gasteiger partial charge in [0.1, 0.15) is 5.60 Å². The van der Waals surface area contributed by atoms with Crippen LogP contribution in [-0.2, 0) is 10.3 Å². The van der Waals surface area contributed by atoms with E-state index in [1.165, 1.54) is 0 Å². The average Bonchev–Trinajstić information content (AvgIpc) is 2.48. The number of aliphatic hydroxyl groups is 1. The highest BCUT2D eigenvalue weighted by Gasteiger charge is 2.64. The van der Waals surface area contributed by atoms with E-state index in [0.717, 1.165) is 11.1 Å². The normalized spacial score (nSPS) is 24.1. The molecule has 1 fully saturated rings. The Labute approximate surface area is 126 Å². The molecule has 2 nitrogen and oxygen atoms in total. The summed E-state index contributed by atoms with van der Waals surface area (Å²) in [5, 5.41) is 10.0. The smallest absolute Gasteiger partial charge is 0.126 e. The van der Waals surface area contributed by atoms with Crippen LogP contribution in [0.2, 0.25) is 0 Å². The van der Waals surface area contributed by atoms with Gasteiger partial charge in [-0.2, -0.15) is 0 Å². The van der Waals surface area contributed by atoms with E-state index in [-0.39, 0.29) is 11.5 Å². The zero-order chi connectivity index (χ0) is 15.1. The number of benzene rings is 2. The largest absolute Gasteiger partial charge is 0.391 e. The second-order valence-corrected chi connectivity index (χ2v) is 6.41. The molecule has 2 atom stereocenters. The summed E-state index contributed by atoms with van der Waals surface area (Å²) in [7, 11) is 0. The van der Waals surface area contributed by atoms with Gasteiger partial charge in [-0.1, -0.05) is 74.5 Å². The van der Waals surface area contributed by atoms with Crippen LogP contribution in [0.3, 0.4) is 0 Å². The van der Waals surface area contributed by atoms with Gasteiger partial charge in [-0.3, -0.25) is 0 Å². The van der Waals surface area contributed by atoms with Gasteiger partial charge in [-0.25, -0.2) is 0 Å². The van der Waals surface area contributed by atoms with Gasteiger partial charge in [0.25, 0.3) is 0 Å². The maximum Gasteiger partial charge on any atom is 0.126 e. The van der Waals surface area contributed by atoms with Crippen LogP contribution in [0, 0.1) is 5.41 Å². The number of rotatable bonds is 3. The molecule has 2 aromatic carbocycles. The summed E-state index contributed by atoms with van der Waals surface area (Å²) in [5.74, 6) is 0. The summed E-state index contributed by atoms with van der Waals surface area (Å²) in [5.41, 5.74) is 1.58. The summed E-state index contributed by atoms with van der Waals surface area (Å²) in [6, 6.07) is 20.6. The number of ether oxygens (including phenoxy) is 1. The highest BCUT2D eigenvalue weighted by Crippen LogP contribution is 2.60. The molecule has 0 saturated carbocycles. The molecule has 1 N–H and O–H groups in total. The quantitative estimate of drug-likeness (QED) is 0.929. The fourth-order valence-corrected chi connectivity index (χ4v) is 3.73. The number of hydrogen-bond donors (Lipinski definition) is 1. The van der Waals surface area contributed by atoms with Crippen LogP contribution in [0.5, 0.6) is 0 Å². The number of aliphatic hydroxyl groups excluding tert-OH is 1. The third-order valence-electron chi connectivity index (χ3n) is 4.72. The Hall–Kier alpha value is -1.64. The first-order valence-electron chi connectivity index (χ1n) is 7.47. The van der Waals surface area contributed by atoms with E-state index in [1.54, 1.807) is 6.92 Å². The van der Waals surface area contributed by atoms with Crippen LogP contribution >= 0.6 is 0 Å². The van der Waals surface area contributed by atoms with Crippen molar-refractivity contribution >= 4 is 0 Å². The topological polar surface area (TPSA) is 29.5 Å². The monoisotopic (exact) mass is 282 g/mol. The van der Waals surface area contributed by atoms with Gasteiger partial charge in [0.05, 0.1) is 12.2 Å². The molecule has 0 radical (unpaired) electrons. The standard InChI is InChI=1S/C19H22O2/c1-14(20)17-18(2,3)19(21-17,15-10-6-4-7-11-15)16-12-8-5-9-13-16/h4-14,17,20H,1-3H3/t14-,17-/m1/s1. The van der Waals surface area contributed by atoms with Crippen LogP contribution in [0.25, 0.3) is 0 Å². The minimum atomic E-state index is -0.503. The molecule has 1 saturated heterocycles. The van der Waals surface area contributed by atoms with E-state index in [1.807, 2.05) is 36.4 Å². The maximum absolute atomic E-state index is 10.0. The van der Waals surface area contributed by atoms with Crippen molar-refractivity contribution in [2.75, 3.05) is 0 Å². The van der Waals surface area contributed by atoms with Crippen molar-refractivity contribution in [3.05, 3.63) is 71.8 Å². The molecule has 2 heteroatoms. The van der Waals surface area contributed by atoms with Crippen LogP contribution < -0.4 is 0 Å². The molecule has 2 aromatic rings. The highest BCUT2D eigenvalue weighted by atomic mass is 16.6. The van der Waals surface area contributed by atoms with Gasteiger partial charge in [-0.05, 0) is 18.1 Å². The Bertz CT molecular complexity index is 562. The van der Waals surface area contributed by atoms with E-state index in [0.29, 0.717) is 0 Å². The maximum atomic E-state index is 10.0. The molecule has 0 bridgehead atoms. The van der Waals surface area contributed by atoms with Gasteiger partial charge in [-0.15, -0.1) is 0 Å². The second-order valence-electron chi connectivity index (χ2n) is 6.41. The summed E-state index contributed by atoms with van der Waals surface area (Å²) < 4.78 is 6.33. The molecule has 1 heterocycles. The molecule has 0 aliphatic carbocycles. The van der Waals surface area contributed by atoms with E-state index < -0.39 is 11.7 Å². The Morgan fingerprint density at radius 3 is 1.67 bits per heavy atom. The minimum Gasteiger partial charge on any atom is -0.391 e. The van der Waals surface area contributed by atoms with Crippen molar-refractivity contribution in [2.45, 2.75) is 38.6 Å². The van der Waals surface area contributed by atoms with Gasteiger partial charge in [0, 0.05) is 5.41 Å². The molecule has 0 aromatic heterocycles. The van der Waals surface area contributed by atoms with Crippen molar-refractivity contribution in [3.8, 4) is 0 Å². The molecular weight excluding hydrogens is 260 g/mol. The lowest BCUT2D eigenvalue weighted by atomic mass is 9.58. The average molecular weight is 282 g/mol. The first-order chi connectivity index (χ1) is 10.00. The lowest BCUT2D eigenvalue weighted by Crippen LogP contribution is -2.67. The molecule has 3 rings (SSSR count). The zero-order valence-corrected chi connectivity index (χ0v) is 12.8. The fraction of sp³-hybridized carbons (Fsp3) is 0.368. The van der Waals surface area contributed by atoms with Crippen molar-refractivity contribution in [3.63, 3.8) is 0 Å². The predicted molar refractivity (Wildman–Crippen MR) is 84.0 cm³/mol. The minimum absolute atomic E-state index is 0.169. The summed E-state index contributed by atoms with van der Waals surface area (Å²) in [4.78, 5) is 0. The van der Waals surface area contributed by atoms with Crippen molar-refractivity contribution in [2.24, 2.45) is 5.41 Å². The SMILES string of the molecule is C[C@@H](O)[C@H]1OC(c2ccccc2)(c2ccccc2)C1(C)C. The summed E-state index contributed by atoms with van der Waals surface area (Å²) >= 11 is 0. The van der Waals surface area contributed by atoms with E-state index in [2.05, 4.69) is 38.1 Å². The molecule has 0 amide bonds. The molecule has 0 spiro atoms. The van der Waals surface area contributed by atoms with Crippen LogP contribution in [0.15, 0.2) is 60.7 Å². The van der Waals surface area contributed by atoms with Gasteiger partial charge in [0.15, 0.2) is 0 Å². The third kappa shape index (κ3) is 1.94. The molecule has 0 unspecified atom stereocenters. The van der Waals surface area contributed by atoms with Gasteiger partial charge in [0.2, 0.25) is 0 Å². The molecular formula is C19H22O2. The van der Waals surface area contributed by atoms with E-state index in [4.69, 9.17) is 4.74 Å². The van der Waals surface area contributed by atoms with Crippen molar-refractivity contribution in [1.82, 2.24) is 0 Å². The van der Waals surface area contributed by atoms with Crippen LogP contribution in [0.4, 0.5) is 0 Å². The lowest BCUT2D eigenvalue weighted by Gasteiger charge is -2.62. The number of hydrogen-bond acceptors (Lipinski definition) is 2. The van der Waals surface area contributed by atoms with Gasteiger partial charge < -0.3 is 9.84 Å². The Morgan fingerprint density at radius 2 is 1.33 bits per heavy atom. The highest BCUT2D eigenvalue weighted by molar-refractivity contribution is 5.42. The Morgan fingerprint density at radius 1 is 0.905 bits per heavy atom. The predicted octanol–water partition coefficient (Wildman–Crippen LogP) is 3.74. The van der Waals surface area contributed by atoms with E-state index >= 15 is 0 Å². The van der Waals surface area contributed by atoms with Crippen LogP contribution in [0.1, 0.15) is 31.9 Å². The molecule has 1 aliphatic heterocycles. The summed E-state index contributed by atoms with van der Waals surface area (Å²) in [6.45, 7) is 6.15. The van der Waals surface area contributed by atoms with Crippen LogP contribution in [-0.4, -0.2) is 17.3 Å². The zero-order valence-electron chi connectivity index (χ0n) is 12.8. The van der Waals surface area contributed by atoms with Crippen molar-refractivity contribution < 1.29 is 9.84 Å². The lowest BCUT2D eigenvalue weighted by molar-refractivity contribution is -0.317. The molecule has 21 heavy (non-hydrogen) atoms. The first kappa shape index (κ1) is 14.3. The fourth-order valence-electron chi connectivity index (χ4n) is 3.73. The third-order valence-corrected chi connectivity index (χ3v) is 4.72. The molecule has 1 aliphatic rings.